The maximum atomic E-state index is 4.74. The Morgan fingerprint density at radius 2 is 2.04 bits per heavy atom. The minimum atomic E-state index is 0.103. The third-order valence-electron chi connectivity index (χ3n) is 4.78. The molecular formula is C21H31N5S. The molecule has 0 radical (unpaired) electrons. The summed E-state index contributed by atoms with van der Waals surface area (Å²) in [5.74, 6) is 0.844. The Bertz CT molecular complexity index is 773. The molecule has 2 heterocycles. The van der Waals surface area contributed by atoms with E-state index in [9.17, 15) is 0 Å². The third-order valence-corrected chi connectivity index (χ3v) is 6.10. The predicted molar refractivity (Wildman–Crippen MR) is 116 cm³/mol. The van der Waals surface area contributed by atoms with Crippen LogP contribution in [-0.2, 0) is 12.0 Å². The molecule has 1 saturated heterocycles. The van der Waals surface area contributed by atoms with Crippen LogP contribution in [0.3, 0.4) is 0 Å². The highest BCUT2D eigenvalue weighted by Crippen LogP contribution is 2.25. The topological polar surface area (TPSA) is 52.6 Å². The molecule has 1 unspecified atom stereocenters. The van der Waals surface area contributed by atoms with Crippen molar-refractivity contribution in [2.45, 2.75) is 52.1 Å². The second kappa shape index (κ2) is 8.30. The molecule has 146 valence electrons. The van der Waals surface area contributed by atoms with Gasteiger partial charge in [-0.25, -0.2) is 4.98 Å². The number of aromatic nitrogens is 1. The van der Waals surface area contributed by atoms with E-state index < -0.39 is 0 Å². The summed E-state index contributed by atoms with van der Waals surface area (Å²) < 4.78 is 0. The zero-order valence-electron chi connectivity index (χ0n) is 17.0. The van der Waals surface area contributed by atoms with Crippen LogP contribution >= 0.6 is 11.3 Å². The van der Waals surface area contributed by atoms with E-state index in [-0.39, 0.29) is 5.41 Å². The van der Waals surface area contributed by atoms with Crippen LogP contribution in [0.25, 0.3) is 0 Å². The Kier molecular flexibility index (Phi) is 6.05. The van der Waals surface area contributed by atoms with Gasteiger partial charge in [0.1, 0.15) is 0 Å². The first kappa shape index (κ1) is 19.7. The molecule has 0 aliphatic carbocycles. The molecular weight excluding hydrogens is 354 g/mol. The number of thiazole rings is 1. The van der Waals surface area contributed by atoms with Crippen LogP contribution in [0.15, 0.2) is 34.6 Å². The van der Waals surface area contributed by atoms with Gasteiger partial charge in [0.2, 0.25) is 0 Å². The van der Waals surface area contributed by atoms with E-state index >= 15 is 0 Å². The van der Waals surface area contributed by atoms with Gasteiger partial charge in [-0.1, -0.05) is 38.5 Å². The lowest BCUT2D eigenvalue weighted by Crippen LogP contribution is -2.44. The number of hydrogen-bond acceptors (Lipinski definition) is 4. The second-order valence-electron chi connectivity index (χ2n) is 8.23. The summed E-state index contributed by atoms with van der Waals surface area (Å²) >= 11 is 1.73. The number of guanidine groups is 1. The predicted octanol–water partition coefficient (Wildman–Crippen LogP) is 3.69. The van der Waals surface area contributed by atoms with E-state index in [1.54, 1.807) is 11.3 Å². The molecule has 1 aromatic heterocycles. The van der Waals surface area contributed by atoms with Crippen molar-refractivity contribution in [2.75, 3.05) is 25.0 Å². The lowest BCUT2D eigenvalue weighted by molar-refractivity contribution is 0.582. The number of hydrogen-bond donors (Lipinski definition) is 2. The molecule has 1 fully saturated rings. The summed E-state index contributed by atoms with van der Waals surface area (Å²) in [4.78, 5) is 11.6. The molecule has 0 spiro atoms. The van der Waals surface area contributed by atoms with Crippen LogP contribution < -0.4 is 15.5 Å². The molecule has 2 aromatic rings. The summed E-state index contributed by atoms with van der Waals surface area (Å²) in [5.41, 5.74) is 3.77. The van der Waals surface area contributed by atoms with Crippen molar-refractivity contribution >= 4 is 23.0 Å². The summed E-state index contributed by atoms with van der Waals surface area (Å²) in [6.45, 7) is 11.5. The molecule has 27 heavy (non-hydrogen) atoms. The van der Waals surface area contributed by atoms with E-state index in [0.29, 0.717) is 12.6 Å². The zero-order valence-corrected chi connectivity index (χ0v) is 17.9. The van der Waals surface area contributed by atoms with Gasteiger partial charge in [-0.3, -0.25) is 4.99 Å². The van der Waals surface area contributed by atoms with Crippen LogP contribution in [0.4, 0.5) is 5.69 Å². The van der Waals surface area contributed by atoms with Crippen molar-refractivity contribution in [1.29, 1.82) is 0 Å². The number of rotatable bonds is 4. The van der Waals surface area contributed by atoms with Crippen molar-refractivity contribution in [3.05, 3.63) is 45.9 Å². The average Bonchev–Trinajstić information content (AvgIpc) is 3.28. The highest BCUT2D eigenvalue weighted by Gasteiger charge is 2.23. The van der Waals surface area contributed by atoms with Crippen molar-refractivity contribution in [1.82, 2.24) is 15.6 Å². The minimum absolute atomic E-state index is 0.103. The summed E-state index contributed by atoms with van der Waals surface area (Å²) in [5, 5.41) is 10.3. The number of nitrogens with zero attached hydrogens (tertiary/aromatic N) is 3. The van der Waals surface area contributed by atoms with Gasteiger partial charge >= 0.3 is 0 Å². The average molecular weight is 386 g/mol. The molecule has 0 saturated carbocycles. The van der Waals surface area contributed by atoms with E-state index in [0.717, 1.165) is 31.2 Å². The minimum Gasteiger partial charge on any atom is -0.369 e. The molecule has 2 N–H and O–H groups in total. The maximum Gasteiger partial charge on any atom is 0.191 e. The van der Waals surface area contributed by atoms with Crippen molar-refractivity contribution in [3.63, 3.8) is 0 Å². The van der Waals surface area contributed by atoms with Crippen LogP contribution in [0, 0.1) is 6.92 Å². The van der Waals surface area contributed by atoms with Crippen molar-refractivity contribution in [3.8, 4) is 0 Å². The molecule has 3 rings (SSSR count). The number of aryl methyl sites for hydroxylation is 1. The van der Waals surface area contributed by atoms with E-state index in [4.69, 9.17) is 4.98 Å². The van der Waals surface area contributed by atoms with Gasteiger partial charge in [-0.15, -0.1) is 11.3 Å². The van der Waals surface area contributed by atoms with Crippen LogP contribution in [0.2, 0.25) is 0 Å². The standard InChI is InChI=1S/C21H31N5S/c1-15-6-8-18(9-7-15)26-11-10-16(13-26)25-20(22-5)23-12-17-14-27-19(24-17)21(2,3)4/h6-9,14,16H,10-13H2,1-5H3,(H2,22,23,25). The fourth-order valence-electron chi connectivity index (χ4n) is 3.16. The first-order valence-electron chi connectivity index (χ1n) is 9.59. The zero-order chi connectivity index (χ0) is 19.4. The van der Waals surface area contributed by atoms with E-state index in [2.05, 4.69) is 77.9 Å². The molecule has 0 amide bonds. The summed E-state index contributed by atoms with van der Waals surface area (Å²) in [7, 11) is 1.82. The number of benzene rings is 1. The SMILES string of the molecule is CN=C(NCc1csc(C(C)(C)C)n1)NC1CCN(c2ccc(C)cc2)C1. The van der Waals surface area contributed by atoms with Crippen LogP contribution in [0.1, 0.15) is 43.5 Å². The molecule has 1 aliphatic rings. The van der Waals surface area contributed by atoms with Crippen LogP contribution in [0.5, 0.6) is 0 Å². The van der Waals surface area contributed by atoms with Gasteiger partial charge in [-0.05, 0) is 25.5 Å². The van der Waals surface area contributed by atoms with Gasteiger partial charge in [0.05, 0.1) is 17.2 Å². The summed E-state index contributed by atoms with van der Waals surface area (Å²) in [6.07, 6.45) is 1.11. The normalized spacial score (nSPS) is 18.0. The van der Waals surface area contributed by atoms with Crippen LogP contribution in [-0.4, -0.2) is 37.1 Å². The van der Waals surface area contributed by atoms with Gasteiger partial charge in [0.15, 0.2) is 5.96 Å². The number of anilines is 1. The van der Waals surface area contributed by atoms with Crippen molar-refractivity contribution < 1.29 is 0 Å². The van der Waals surface area contributed by atoms with Gasteiger partial charge in [-0.2, -0.15) is 0 Å². The third kappa shape index (κ3) is 5.22. The Labute approximate surface area is 166 Å². The van der Waals surface area contributed by atoms with Crippen molar-refractivity contribution in [2.24, 2.45) is 4.99 Å². The number of aliphatic imine (C=N–C) groups is 1. The van der Waals surface area contributed by atoms with E-state index in [1.165, 1.54) is 16.3 Å². The fourth-order valence-corrected chi connectivity index (χ4v) is 4.07. The first-order chi connectivity index (χ1) is 12.8. The molecule has 1 aliphatic heterocycles. The Hall–Kier alpha value is -2.08. The largest absolute Gasteiger partial charge is 0.369 e. The Morgan fingerprint density at radius 1 is 1.30 bits per heavy atom. The lowest BCUT2D eigenvalue weighted by Gasteiger charge is -2.20. The Balaban J connectivity index is 1.51. The summed E-state index contributed by atoms with van der Waals surface area (Å²) in [6, 6.07) is 9.17. The molecule has 0 bridgehead atoms. The van der Waals surface area contributed by atoms with Gasteiger partial charge in [0, 0.05) is 42.7 Å². The highest BCUT2D eigenvalue weighted by molar-refractivity contribution is 7.09. The maximum absolute atomic E-state index is 4.74. The molecule has 5 nitrogen and oxygen atoms in total. The quantitative estimate of drug-likeness (QED) is 0.622. The van der Waals surface area contributed by atoms with E-state index in [1.807, 2.05) is 7.05 Å². The molecule has 6 heteroatoms. The fraction of sp³-hybridized carbons (Fsp3) is 0.524. The number of nitrogens with one attached hydrogen (secondary N) is 2. The first-order valence-corrected chi connectivity index (χ1v) is 10.5. The van der Waals surface area contributed by atoms with Gasteiger partial charge in [0.25, 0.3) is 0 Å². The second-order valence-corrected chi connectivity index (χ2v) is 9.09. The highest BCUT2D eigenvalue weighted by atomic mass is 32.1. The Morgan fingerprint density at radius 3 is 2.67 bits per heavy atom. The molecule has 1 atom stereocenters. The smallest absolute Gasteiger partial charge is 0.191 e. The monoisotopic (exact) mass is 385 g/mol. The van der Waals surface area contributed by atoms with Gasteiger partial charge < -0.3 is 15.5 Å². The lowest BCUT2D eigenvalue weighted by atomic mass is 9.98. The molecule has 1 aromatic carbocycles.